The molecule has 0 heterocycles. The molecule has 0 unspecified atom stereocenters. The van der Waals surface area contributed by atoms with Crippen LogP contribution in [0.4, 0.5) is 0 Å². The number of carbonyl (C=O) groups is 1. The van der Waals surface area contributed by atoms with E-state index >= 15 is 0 Å². The lowest BCUT2D eigenvalue weighted by molar-refractivity contribution is 0.112. The lowest BCUT2D eigenvalue weighted by atomic mass is 10.1. The van der Waals surface area contributed by atoms with E-state index in [1.807, 2.05) is 24.3 Å². The molecule has 0 saturated heterocycles. The van der Waals surface area contributed by atoms with Gasteiger partial charge in [-0.2, -0.15) is 5.26 Å². The van der Waals surface area contributed by atoms with Crippen molar-refractivity contribution >= 4 is 12.4 Å². The van der Waals surface area contributed by atoms with Gasteiger partial charge in [-0.25, -0.2) is 0 Å². The fraction of sp³-hybridized carbons (Fsp3) is 0.0588. The molecule has 0 aliphatic heterocycles. The number of hydrogen-bond donors (Lipinski definition) is 0. The quantitative estimate of drug-likeness (QED) is 0.776. The predicted molar refractivity (Wildman–Crippen MR) is 77.5 cm³/mol. The average Bonchev–Trinajstić information content (AvgIpc) is 2.53. The highest BCUT2D eigenvalue weighted by Gasteiger charge is 1.93. The first-order chi connectivity index (χ1) is 9.81. The van der Waals surface area contributed by atoms with Crippen LogP contribution in [-0.2, 0) is 0 Å². The number of rotatable bonds is 5. The molecule has 2 rings (SSSR count). The largest absolute Gasteiger partial charge is 0.490 e. The van der Waals surface area contributed by atoms with Crippen LogP contribution in [0.25, 0.3) is 6.08 Å². The summed E-state index contributed by atoms with van der Waals surface area (Å²) in [5.74, 6) is 0.727. The molecule has 0 bridgehead atoms. The Bertz CT molecular complexity index is 634. The number of aldehydes is 1. The van der Waals surface area contributed by atoms with E-state index in [-0.39, 0.29) is 0 Å². The van der Waals surface area contributed by atoms with Gasteiger partial charge >= 0.3 is 0 Å². The van der Waals surface area contributed by atoms with Gasteiger partial charge in [0.25, 0.3) is 0 Å². The van der Waals surface area contributed by atoms with Gasteiger partial charge in [-0.15, -0.1) is 0 Å². The Labute approximate surface area is 117 Å². The molecular weight excluding hydrogens is 250 g/mol. The summed E-state index contributed by atoms with van der Waals surface area (Å²) in [7, 11) is 0. The monoisotopic (exact) mass is 263 g/mol. The normalized spacial score (nSPS) is 10.2. The van der Waals surface area contributed by atoms with E-state index in [4.69, 9.17) is 10.00 Å². The van der Waals surface area contributed by atoms with Gasteiger partial charge in [0.1, 0.15) is 18.6 Å². The molecule has 0 N–H and O–H groups in total. The van der Waals surface area contributed by atoms with Crippen LogP contribution in [0.5, 0.6) is 5.75 Å². The summed E-state index contributed by atoms with van der Waals surface area (Å²) in [5.41, 5.74) is 2.29. The van der Waals surface area contributed by atoms with Crippen molar-refractivity contribution in [3.05, 3.63) is 71.3 Å². The highest BCUT2D eigenvalue weighted by Crippen LogP contribution is 2.11. The Kier molecular flexibility index (Phi) is 4.69. The minimum absolute atomic E-state index is 0.446. The van der Waals surface area contributed by atoms with E-state index in [1.165, 1.54) is 0 Å². The van der Waals surface area contributed by atoms with E-state index in [1.54, 1.807) is 36.4 Å². The van der Waals surface area contributed by atoms with Gasteiger partial charge in [-0.1, -0.05) is 30.3 Å². The number of benzene rings is 2. The van der Waals surface area contributed by atoms with E-state index in [0.717, 1.165) is 17.6 Å². The highest BCUT2D eigenvalue weighted by molar-refractivity contribution is 5.75. The van der Waals surface area contributed by atoms with Gasteiger partial charge in [0, 0.05) is 5.56 Å². The number of ether oxygens (including phenoxy) is 1. The number of nitriles is 1. The van der Waals surface area contributed by atoms with Crippen LogP contribution >= 0.6 is 0 Å². The summed E-state index contributed by atoms with van der Waals surface area (Å²) in [6, 6.07) is 16.3. The number of carbonyl (C=O) groups excluding carboxylic acids is 1. The first-order valence-electron chi connectivity index (χ1n) is 6.16. The number of nitrogens with zero attached hydrogens (tertiary/aromatic N) is 1. The summed E-state index contributed by atoms with van der Waals surface area (Å²) >= 11 is 0. The molecule has 2 aromatic carbocycles. The van der Waals surface area contributed by atoms with Crippen LogP contribution in [0.1, 0.15) is 21.5 Å². The summed E-state index contributed by atoms with van der Waals surface area (Å²) in [6.07, 6.45) is 4.65. The van der Waals surface area contributed by atoms with Crippen molar-refractivity contribution in [1.29, 1.82) is 5.26 Å². The molecule has 2 aromatic rings. The van der Waals surface area contributed by atoms with Crippen molar-refractivity contribution in [3.63, 3.8) is 0 Å². The van der Waals surface area contributed by atoms with E-state index in [0.29, 0.717) is 17.7 Å². The second-order valence-corrected chi connectivity index (χ2v) is 4.13. The topological polar surface area (TPSA) is 50.1 Å². The Morgan fingerprint density at radius 2 is 1.65 bits per heavy atom. The molecular formula is C17H13NO2. The van der Waals surface area contributed by atoms with Gasteiger partial charge in [0.2, 0.25) is 0 Å². The Morgan fingerprint density at radius 3 is 2.25 bits per heavy atom. The van der Waals surface area contributed by atoms with E-state index in [9.17, 15) is 4.79 Å². The van der Waals surface area contributed by atoms with Gasteiger partial charge in [0.15, 0.2) is 0 Å². The SMILES string of the molecule is N#Cc1ccc(OCC=Cc2ccc(C=O)cc2)cc1. The third-order valence-corrected chi connectivity index (χ3v) is 2.71. The predicted octanol–water partition coefficient (Wildman–Crippen LogP) is 3.46. The van der Waals surface area contributed by atoms with Gasteiger partial charge in [-0.05, 0) is 35.9 Å². The molecule has 0 aliphatic carbocycles. The zero-order valence-corrected chi connectivity index (χ0v) is 10.8. The third kappa shape index (κ3) is 3.82. The summed E-state index contributed by atoms with van der Waals surface area (Å²) in [5, 5.41) is 8.68. The maximum atomic E-state index is 10.5. The maximum absolute atomic E-state index is 10.5. The van der Waals surface area contributed by atoms with Crippen LogP contribution in [0.2, 0.25) is 0 Å². The smallest absolute Gasteiger partial charge is 0.150 e. The molecule has 0 atom stereocenters. The second-order valence-electron chi connectivity index (χ2n) is 4.13. The molecule has 0 radical (unpaired) electrons. The molecule has 3 nitrogen and oxygen atoms in total. The molecule has 0 fully saturated rings. The van der Waals surface area contributed by atoms with Crippen molar-refractivity contribution < 1.29 is 9.53 Å². The van der Waals surface area contributed by atoms with Crippen molar-refractivity contribution in [2.24, 2.45) is 0 Å². The van der Waals surface area contributed by atoms with Crippen LogP contribution < -0.4 is 4.74 Å². The fourth-order valence-corrected chi connectivity index (χ4v) is 1.64. The minimum Gasteiger partial charge on any atom is -0.490 e. The molecule has 0 spiro atoms. The van der Waals surface area contributed by atoms with Crippen LogP contribution in [0, 0.1) is 11.3 Å². The lowest BCUT2D eigenvalue weighted by Crippen LogP contribution is -1.93. The summed E-state index contributed by atoms with van der Waals surface area (Å²) in [4.78, 5) is 10.5. The van der Waals surface area contributed by atoms with Crippen LogP contribution in [0.15, 0.2) is 54.6 Å². The van der Waals surface area contributed by atoms with Crippen LogP contribution in [0.3, 0.4) is 0 Å². The van der Waals surface area contributed by atoms with Crippen molar-refractivity contribution in [1.82, 2.24) is 0 Å². The summed E-state index contributed by atoms with van der Waals surface area (Å²) in [6.45, 7) is 0.446. The Morgan fingerprint density at radius 1 is 1.00 bits per heavy atom. The zero-order valence-electron chi connectivity index (χ0n) is 10.8. The van der Waals surface area contributed by atoms with Gasteiger partial charge in [0.05, 0.1) is 11.6 Å². The van der Waals surface area contributed by atoms with Crippen LogP contribution in [-0.4, -0.2) is 12.9 Å². The van der Waals surface area contributed by atoms with Gasteiger partial charge < -0.3 is 4.74 Å². The summed E-state index contributed by atoms with van der Waals surface area (Å²) < 4.78 is 5.52. The van der Waals surface area contributed by atoms with Crippen molar-refractivity contribution in [2.75, 3.05) is 6.61 Å². The Balaban J connectivity index is 1.86. The molecule has 0 aromatic heterocycles. The third-order valence-electron chi connectivity index (χ3n) is 2.71. The first kappa shape index (κ1) is 13.6. The highest BCUT2D eigenvalue weighted by atomic mass is 16.5. The van der Waals surface area contributed by atoms with Gasteiger partial charge in [-0.3, -0.25) is 4.79 Å². The molecule has 98 valence electrons. The van der Waals surface area contributed by atoms with E-state index in [2.05, 4.69) is 6.07 Å². The van der Waals surface area contributed by atoms with Crippen molar-refractivity contribution in [3.8, 4) is 11.8 Å². The fourth-order valence-electron chi connectivity index (χ4n) is 1.64. The molecule has 0 saturated carbocycles. The van der Waals surface area contributed by atoms with Crippen molar-refractivity contribution in [2.45, 2.75) is 0 Å². The maximum Gasteiger partial charge on any atom is 0.150 e. The average molecular weight is 263 g/mol. The zero-order chi connectivity index (χ0) is 14.2. The molecule has 20 heavy (non-hydrogen) atoms. The molecule has 0 amide bonds. The lowest BCUT2D eigenvalue weighted by Gasteiger charge is -2.02. The molecule has 3 heteroatoms. The number of hydrogen-bond acceptors (Lipinski definition) is 3. The minimum atomic E-state index is 0.446. The second kappa shape index (κ2) is 6.91. The standard InChI is InChI=1S/C17H13NO2/c18-12-15-7-9-17(10-8-15)20-11-1-2-14-3-5-16(13-19)6-4-14/h1-10,13H,11H2. The molecule has 0 aliphatic rings. The first-order valence-corrected chi connectivity index (χ1v) is 6.16. The van der Waals surface area contributed by atoms with E-state index < -0.39 is 0 Å². The Hall–Kier alpha value is -2.86.